The Labute approximate surface area is 165 Å². The molecule has 5 rings (SSSR count). The fourth-order valence-corrected chi connectivity index (χ4v) is 4.28. The van der Waals surface area contributed by atoms with Crippen molar-refractivity contribution in [3.05, 3.63) is 53.3 Å². The average molecular weight is 397 g/mol. The van der Waals surface area contributed by atoms with Crippen LogP contribution in [0, 0.1) is 5.82 Å². The Hall–Kier alpha value is -2.93. The summed E-state index contributed by atoms with van der Waals surface area (Å²) in [7, 11) is 0. The van der Waals surface area contributed by atoms with Gasteiger partial charge in [-0.05, 0) is 48.7 Å². The van der Waals surface area contributed by atoms with Crippen molar-refractivity contribution in [1.29, 1.82) is 0 Å². The highest BCUT2D eigenvalue weighted by Gasteiger charge is 2.29. The van der Waals surface area contributed by atoms with E-state index in [-0.39, 0.29) is 5.02 Å². The minimum atomic E-state index is -0.433. The predicted octanol–water partition coefficient (Wildman–Crippen LogP) is 4.59. The summed E-state index contributed by atoms with van der Waals surface area (Å²) in [6, 6.07) is 13.1. The van der Waals surface area contributed by atoms with Crippen LogP contribution in [0.5, 0.6) is 0 Å². The number of aromatic nitrogens is 5. The van der Waals surface area contributed by atoms with E-state index in [1.807, 2.05) is 34.9 Å². The van der Waals surface area contributed by atoms with E-state index in [1.165, 1.54) is 12.5 Å². The van der Waals surface area contributed by atoms with E-state index in [4.69, 9.17) is 11.6 Å². The second-order valence-corrected chi connectivity index (χ2v) is 7.28. The number of anilines is 1. The molecule has 0 spiro atoms. The molecule has 142 valence electrons. The number of fused-ring (bicyclic) bond motifs is 1. The summed E-state index contributed by atoms with van der Waals surface area (Å²) in [5.41, 5.74) is 3.38. The molecule has 0 bridgehead atoms. The Morgan fingerprint density at radius 2 is 1.79 bits per heavy atom. The minimum Gasteiger partial charge on any atom is -0.369 e. The first-order valence-corrected chi connectivity index (χ1v) is 9.70. The number of hydrogen-bond acceptors (Lipinski definition) is 4. The van der Waals surface area contributed by atoms with Crippen LogP contribution in [0.3, 0.4) is 0 Å². The first-order chi connectivity index (χ1) is 13.8. The number of aromatic amines is 1. The van der Waals surface area contributed by atoms with Crippen LogP contribution in [0.25, 0.3) is 28.1 Å². The second kappa shape index (κ2) is 6.91. The van der Waals surface area contributed by atoms with Crippen molar-refractivity contribution in [2.75, 3.05) is 18.0 Å². The third kappa shape index (κ3) is 2.65. The lowest BCUT2D eigenvalue weighted by Crippen LogP contribution is -2.29. The molecule has 3 heterocycles. The molecule has 28 heavy (non-hydrogen) atoms. The summed E-state index contributed by atoms with van der Waals surface area (Å²) in [5, 5.41) is 15.6. The Bertz CT molecular complexity index is 1120. The van der Waals surface area contributed by atoms with Gasteiger partial charge >= 0.3 is 0 Å². The molecular formula is C20H18ClFN6. The van der Waals surface area contributed by atoms with E-state index in [2.05, 4.69) is 25.5 Å². The highest BCUT2D eigenvalue weighted by Crippen LogP contribution is 2.45. The number of nitrogens with zero attached hydrogens (tertiary/aromatic N) is 5. The fraction of sp³-hybridized carbons (Fsp3) is 0.250. The predicted molar refractivity (Wildman–Crippen MR) is 107 cm³/mol. The van der Waals surface area contributed by atoms with Crippen molar-refractivity contribution in [1.82, 2.24) is 25.2 Å². The largest absolute Gasteiger partial charge is 0.369 e. The highest BCUT2D eigenvalue weighted by molar-refractivity contribution is 6.37. The molecular weight excluding hydrogens is 379 g/mol. The molecule has 1 fully saturated rings. The van der Waals surface area contributed by atoms with Gasteiger partial charge in [-0.3, -0.25) is 0 Å². The van der Waals surface area contributed by atoms with E-state index in [0.29, 0.717) is 11.2 Å². The van der Waals surface area contributed by atoms with Crippen LogP contribution in [-0.4, -0.2) is 38.3 Å². The lowest BCUT2D eigenvalue weighted by molar-refractivity contribution is 0.579. The smallest absolute Gasteiger partial charge is 0.223 e. The molecule has 4 aromatic rings. The first kappa shape index (κ1) is 17.2. The molecule has 8 heteroatoms. The maximum absolute atomic E-state index is 14.5. The lowest BCUT2D eigenvalue weighted by atomic mass is 10.1. The summed E-state index contributed by atoms with van der Waals surface area (Å²) < 4.78 is 16.5. The molecule has 1 saturated heterocycles. The maximum Gasteiger partial charge on any atom is 0.223 e. The minimum absolute atomic E-state index is 0.123. The highest BCUT2D eigenvalue weighted by atomic mass is 35.5. The van der Waals surface area contributed by atoms with Crippen molar-refractivity contribution >= 4 is 28.2 Å². The number of hydrogen-bond donors (Lipinski definition) is 1. The standard InChI is InChI=1S/C20H18ClFN6/c21-17-14(22)9-10-15-16(17)18(27-11-5-2-6-12-27)19(20-23-25-26-24-20)28(15)13-7-3-1-4-8-13/h1,3-4,7-10H,2,5-6,11-12H2,(H,23,24,25,26). The van der Waals surface area contributed by atoms with E-state index in [0.717, 1.165) is 48.5 Å². The molecule has 0 saturated carbocycles. The van der Waals surface area contributed by atoms with E-state index >= 15 is 0 Å². The van der Waals surface area contributed by atoms with Gasteiger partial charge in [-0.2, -0.15) is 5.21 Å². The van der Waals surface area contributed by atoms with Crippen molar-refractivity contribution < 1.29 is 4.39 Å². The van der Waals surface area contributed by atoms with Crippen molar-refractivity contribution in [3.63, 3.8) is 0 Å². The number of halogens is 2. The topological polar surface area (TPSA) is 62.6 Å². The van der Waals surface area contributed by atoms with Crippen molar-refractivity contribution in [2.45, 2.75) is 19.3 Å². The Morgan fingerprint density at radius 1 is 1.00 bits per heavy atom. The average Bonchev–Trinajstić information content (AvgIpc) is 3.38. The number of para-hydroxylation sites is 1. The van der Waals surface area contributed by atoms with Gasteiger partial charge in [0.25, 0.3) is 0 Å². The van der Waals surface area contributed by atoms with Crippen LogP contribution in [0.1, 0.15) is 19.3 Å². The molecule has 0 amide bonds. The third-order valence-electron chi connectivity index (χ3n) is 5.24. The molecule has 0 unspecified atom stereocenters. The summed E-state index contributed by atoms with van der Waals surface area (Å²) in [5.74, 6) is 0.0226. The number of piperidine rings is 1. The number of tetrazole rings is 1. The third-order valence-corrected chi connectivity index (χ3v) is 5.61. The van der Waals surface area contributed by atoms with Gasteiger partial charge in [0, 0.05) is 24.2 Å². The first-order valence-electron chi connectivity index (χ1n) is 9.32. The Morgan fingerprint density at radius 3 is 2.50 bits per heavy atom. The Kier molecular flexibility index (Phi) is 4.24. The number of rotatable bonds is 3. The zero-order valence-electron chi connectivity index (χ0n) is 15.1. The van der Waals surface area contributed by atoms with Gasteiger partial charge in [0.1, 0.15) is 11.5 Å². The lowest BCUT2D eigenvalue weighted by Gasteiger charge is -2.29. The molecule has 1 aliphatic heterocycles. The van der Waals surface area contributed by atoms with Crippen molar-refractivity contribution in [3.8, 4) is 17.2 Å². The maximum atomic E-state index is 14.5. The van der Waals surface area contributed by atoms with Gasteiger partial charge in [-0.25, -0.2) is 4.39 Å². The SMILES string of the molecule is Fc1ccc2c(c1Cl)c(N1CCCCC1)c(-c1nn[nH]n1)n2-c1ccccc1. The van der Waals surface area contributed by atoms with Crippen LogP contribution in [-0.2, 0) is 0 Å². The van der Waals surface area contributed by atoms with Gasteiger partial charge < -0.3 is 9.47 Å². The normalized spacial score (nSPS) is 14.7. The number of benzene rings is 2. The van der Waals surface area contributed by atoms with Gasteiger partial charge in [0.2, 0.25) is 5.82 Å². The monoisotopic (exact) mass is 396 g/mol. The van der Waals surface area contributed by atoms with Gasteiger partial charge in [0.05, 0.1) is 16.2 Å². The van der Waals surface area contributed by atoms with Crippen LogP contribution in [0.2, 0.25) is 5.02 Å². The Balaban J connectivity index is 1.92. The van der Waals surface area contributed by atoms with Crippen molar-refractivity contribution in [2.24, 2.45) is 0 Å². The zero-order valence-corrected chi connectivity index (χ0v) is 15.8. The molecule has 0 radical (unpaired) electrons. The summed E-state index contributed by atoms with van der Waals surface area (Å²) in [4.78, 5) is 2.27. The fourth-order valence-electron chi connectivity index (χ4n) is 4.04. The van der Waals surface area contributed by atoms with E-state index < -0.39 is 5.82 Å². The molecule has 1 N–H and O–H groups in total. The van der Waals surface area contributed by atoms with Crippen LogP contribution < -0.4 is 4.90 Å². The molecule has 1 aliphatic rings. The molecule has 0 atom stereocenters. The summed E-state index contributed by atoms with van der Waals surface area (Å²) >= 11 is 6.51. The summed E-state index contributed by atoms with van der Waals surface area (Å²) in [6.45, 7) is 1.76. The van der Waals surface area contributed by atoms with Gasteiger partial charge in [0.15, 0.2) is 0 Å². The zero-order chi connectivity index (χ0) is 19.1. The molecule has 2 aromatic heterocycles. The quantitative estimate of drug-likeness (QED) is 0.550. The van der Waals surface area contributed by atoms with Gasteiger partial charge in [-0.1, -0.05) is 29.8 Å². The molecule has 2 aromatic carbocycles. The number of nitrogens with one attached hydrogen (secondary N) is 1. The van der Waals surface area contributed by atoms with E-state index in [1.54, 1.807) is 6.07 Å². The summed E-state index contributed by atoms with van der Waals surface area (Å²) in [6.07, 6.45) is 3.35. The second-order valence-electron chi connectivity index (χ2n) is 6.91. The van der Waals surface area contributed by atoms with Gasteiger partial charge in [-0.15, -0.1) is 10.2 Å². The van der Waals surface area contributed by atoms with Crippen LogP contribution >= 0.6 is 11.6 Å². The number of H-pyrrole nitrogens is 1. The van der Waals surface area contributed by atoms with E-state index in [9.17, 15) is 4.39 Å². The van der Waals surface area contributed by atoms with Crippen LogP contribution in [0.4, 0.5) is 10.1 Å². The molecule has 6 nitrogen and oxygen atoms in total. The van der Waals surface area contributed by atoms with Crippen LogP contribution in [0.15, 0.2) is 42.5 Å². The molecule has 0 aliphatic carbocycles.